The number of carbonyl (C=O) groups is 2. The number of hydrogen-bond donors (Lipinski definition) is 1. The first kappa shape index (κ1) is 19.9. The molecule has 1 aromatic carbocycles. The molecule has 1 atom stereocenters. The standard InChI is InChI=1S/C18H19FN4O4S/c1-12(17(24)20-14-4-2-3-13(19)11-14)21-7-9-22(10-8-21)18(25)15-5-6-16(28-15)23(26)27/h2-6,11-12H,7-10H2,1H3,(H,20,24). The molecule has 10 heteroatoms. The first-order valence-corrected chi connectivity index (χ1v) is 9.51. The molecule has 3 rings (SSSR count). The lowest BCUT2D eigenvalue weighted by molar-refractivity contribution is -0.380. The molecule has 148 valence electrons. The van der Waals surface area contributed by atoms with E-state index in [1.165, 1.54) is 30.3 Å². The zero-order chi connectivity index (χ0) is 20.3. The second-order valence-corrected chi connectivity index (χ2v) is 7.46. The highest BCUT2D eigenvalue weighted by molar-refractivity contribution is 7.17. The van der Waals surface area contributed by atoms with E-state index in [2.05, 4.69) is 5.32 Å². The lowest BCUT2D eigenvalue weighted by Gasteiger charge is -2.37. The van der Waals surface area contributed by atoms with Crippen molar-refractivity contribution in [3.05, 3.63) is 57.2 Å². The largest absolute Gasteiger partial charge is 0.335 e. The van der Waals surface area contributed by atoms with Crippen molar-refractivity contribution in [2.75, 3.05) is 31.5 Å². The number of halogens is 1. The van der Waals surface area contributed by atoms with Crippen LogP contribution in [0, 0.1) is 15.9 Å². The number of benzene rings is 1. The molecule has 0 aliphatic carbocycles. The molecule has 0 radical (unpaired) electrons. The number of thiophene rings is 1. The Morgan fingerprint density at radius 2 is 1.93 bits per heavy atom. The summed E-state index contributed by atoms with van der Waals surface area (Å²) in [5.74, 6) is -0.916. The van der Waals surface area contributed by atoms with Gasteiger partial charge in [0.05, 0.1) is 15.8 Å². The Balaban J connectivity index is 1.54. The number of carbonyl (C=O) groups excluding carboxylic acids is 2. The highest BCUT2D eigenvalue weighted by Crippen LogP contribution is 2.25. The van der Waals surface area contributed by atoms with E-state index in [0.717, 1.165) is 11.3 Å². The quantitative estimate of drug-likeness (QED) is 0.608. The topological polar surface area (TPSA) is 95.8 Å². The van der Waals surface area contributed by atoms with Gasteiger partial charge in [0, 0.05) is 37.9 Å². The van der Waals surface area contributed by atoms with E-state index in [1.54, 1.807) is 17.9 Å². The van der Waals surface area contributed by atoms with Gasteiger partial charge in [0.15, 0.2) is 0 Å². The molecule has 0 spiro atoms. The van der Waals surface area contributed by atoms with E-state index in [0.29, 0.717) is 36.7 Å². The van der Waals surface area contributed by atoms with E-state index >= 15 is 0 Å². The molecule has 8 nitrogen and oxygen atoms in total. The molecule has 1 fully saturated rings. The maximum atomic E-state index is 13.2. The van der Waals surface area contributed by atoms with Crippen LogP contribution in [0.2, 0.25) is 0 Å². The van der Waals surface area contributed by atoms with Gasteiger partial charge in [0.25, 0.3) is 5.91 Å². The lowest BCUT2D eigenvalue weighted by Crippen LogP contribution is -2.53. The minimum absolute atomic E-state index is 0.0652. The molecule has 2 aromatic rings. The number of piperazine rings is 1. The number of nitrogens with one attached hydrogen (secondary N) is 1. The van der Waals surface area contributed by atoms with E-state index in [9.17, 15) is 24.1 Å². The van der Waals surface area contributed by atoms with Crippen LogP contribution in [0.5, 0.6) is 0 Å². The molecule has 0 saturated carbocycles. The highest BCUT2D eigenvalue weighted by atomic mass is 32.1. The fourth-order valence-electron chi connectivity index (χ4n) is 2.99. The Morgan fingerprint density at radius 3 is 2.54 bits per heavy atom. The fraction of sp³-hybridized carbons (Fsp3) is 0.333. The number of amides is 2. The van der Waals surface area contributed by atoms with Gasteiger partial charge in [0.2, 0.25) is 5.91 Å². The van der Waals surface area contributed by atoms with Crippen LogP contribution in [0.4, 0.5) is 15.1 Å². The first-order valence-electron chi connectivity index (χ1n) is 8.69. The van der Waals surface area contributed by atoms with E-state index in [-0.39, 0.29) is 16.8 Å². The van der Waals surface area contributed by atoms with Crippen molar-refractivity contribution in [3.8, 4) is 0 Å². The monoisotopic (exact) mass is 406 g/mol. The summed E-state index contributed by atoms with van der Waals surface area (Å²) in [6.07, 6.45) is 0. The van der Waals surface area contributed by atoms with Crippen LogP contribution in [0.25, 0.3) is 0 Å². The van der Waals surface area contributed by atoms with Gasteiger partial charge in [-0.3, -0.25) is 24.6 Å². The smallest absolute Gasteiger partial charge is 0.324 e. The maximum absolute atomic E-state index is 13.2. The van der Waals surface area contributed by atoms with Crippen molar-refractivity contribution < 1.29 is 18.9 Å². The van der Waals surface area contributed by atoms with Gasteiger partial charge >= 0.3 is 5.00 Å². The molecule has 28 heavy (non-hydrogen) atoms. The second kappa shape index (κ2) is 8.44. The van der Waals surface area contributed by atoms with Gasteiger partial charge in [-0.1, -0.05) is 17.4 Å². The summed E-state index contributed by atoms with van der Waals surface area (Å²) in [6, 6.07) is 8.04. The summed E-state index contributed by atoms with van der Waals surface area (Å²) >= 11 is 0.858. The summed E-state index contributed by atoms with van der Waals surface area (Å²) in [6.45, 7) is 3.59. The van der Waals surface area contributed by atoms with Crippen molar-refractivity contribution in [1.29, 1.82) is 0 Å². The third kappa shape index (κ3) is 4.52. The average molecular weight is 406 g/mol. The normalized spacial score (nSPS) is 15.9. The zero-order valence-electron chi connectivity index (χ0n) is 15.1. The van der Waals surface area contributed by atoms with Crippen molar-refractivity contribution in [2.24, 2.45) is 0 Å². The van der Waals surface area contributed by atoms with Crippen LogP contribution in [0.3, 0.4) is 0 Å². The molecular formula is C18H19FN4O4S. The highest BCUT2D eigenvalue weighted by Gasteiger charge is 2.29. The molecule has 1 saturated heterocycles. The zero-order valence-corrected chi connectivity index (χ0v) is 15.9. The number of nitro groups is 1. The van der Waals surface area contributed by atoms with Gasteiger partial charge in [-0.25, -0.2) is 4.39 Å². The van der Waals surface area contributed by atoms with Gasteiger partial charge in [-0.2, -0.15) is 0 Å². The predicted molar refractivity (Wildman–Crippen MR) is 103 cm³/mol. The molecule has 0 bridgehead atoms. The van der Waals surface area contributed by atoms with E-state index in [1.807, 2.05) is 4.90 Å². The third-order valence-corrected chi connectivity index (χ3v) is 5.63. The Morgan fingerprint density at radius 1 is 1.21 bits per heavy atom. The molecule has 1 aromatic heterocycles. The minimum atomic E-state index is -0.516. The summed E-state index contributed by atoms with van der Waals surface area (Å²) < 4.78 is 13.2. The first-order chi connectivity index (χ1) is 13.3. The molecule has 1 N–H and O–H groups in total. The minimum Gasteiger partial charge on any atom is -0.335 e. The number of nitrogens with zero attached hydrogens (tertiary/aromatic N) is 3. The average Bonchev–Trinajstić information content (AvgIpc) is 3.17. The van der Waals surface area contributed by atoms with Crippen LogP contribution < -0.4 is 5.32 Å². The van der Waals surface area contributed by atoms with Crippen molar-refractivity contribution in [2.45, 2.75) is 13.0 Å². The van der Waals surface area contributed by atoms with Crippen LogP contribution in [0.1, 0.15) is 16.6 Å². The van der Waals surface area contributed by atoms with Crippen molar-refractivity contribution >= 4 is 33.8 Å². The molecule has 2 heterocycles. The number of anilines is 1. The Hall–Kier alpha value is -2.85. The van der Waals surface area contributed by atoms with Crippen LogP contribution in [-0.4, -0.2) is 58.8 Å². The third-order valence-electron chi connectivity index (χ3n) is 4.60. The number of rotatable bonds is 5. The SMILES string of the molecule is CC(C(=O)Nc1cccc(F)c1)N1CCN(C(=O)c2ccc([N+](=O)[O-])s2)CC1. The molecule has 1 aliphatic rings. The van der Waals surface area contributed by atoms with Crippen LogP contribution in [0.15, 0.2) is 36.4 Å². The lowest BCUT2D eigenvalue weighted by atomic mass is 10.2. The predicted octanol–water partition coefficient (Wildman–Crippen LogP) is 2.58. The van der Waals surface area contributed by atoms with Crippen molar-refractivity contribution in [3.63, 3.8) is 0 Å². The van der Waals surface area contributed by atoms with Gasteiger partial charge in [-0.15, -0.1) is 0 Å². The maximum Gasteiger partial charge on any atom is 0.324 e. The molecular weight excluding hydrogens is 387 g/mol. The van der Waals surface area contributed by atoms with Crippen LogP contribution in [-0.2, 0) is 4.79 Å². The van der Waals surface area contributed by atoms with Gasteiger partial charge in [0.1, 0.15) is 5.82 Å². The molecule has 2 amide bonds. The summed E-state index contributed by atoms with van der Waals surface area (Å²) in [7, 11) is 0. The summed E-state index contributed by atoms with van der Waals surface area (Å²) in [4.78, 5) is 39.1. The van der Waals surface area contributed by atoms with Crippen molar-refractivity contribution in [1.82, 2.24) is 9.80 Å². The second-order valence-electron chi connectivity index (χ2n) is 6.40. The van der Waals surface area contributed by atoms with E-state index < -0.39 is 16.8 Å². The Kier molecular flexibility index (Phi) is 6.00. The molecule has 1 unspecified atom stereocenters. The molecule has 1 aliphatic heterocycles. The summed E-state index contributed by atoms with van der Waals surface area (Å²) in [5.41, 5.74) is 0.393. The van der Waals surface area contributed by atoms with Gasteiger partial charge in [-0.05, 0) is 31.2 Å². The van der Waals surface area contributed by atoms with E-state index in [4.69, 9.17) is 0 Å². The Labute approximate surface area is 164 Å². The number of hydrogen-bond acceptors (Lipinski definition) is 6. The van der Waals surface area contributed by atoms with Gasteiger partial charge < -0.3 is 10.2 Å². The fourth-order valence-corrected chi connectivity index (χ4v) is 3.78. The summed E-state index contributed by atoms with van der Waals surface area (Å²) in [5, 5.41) is 13.4. The Bertz CT molecular complexity index is 895. The van der Waals surface area contributed by atoms with Crippen LogP contribution >= 0.6 is 11.3 Å².